The minimum Gasteiger partial charge on any atom is -0.307 e. The molecule has 0 saturated heterocycles. The predicted octanol–water partition coefficient (Wildman–Crippen LogP) is 2.29. The molecule has 0 bridgehead atoms. The highest BCUT2D eigenvalue weighted by Crippen LogP contribution is 2.13. The first-order valence-corrected chi connectivity index (χ1v) is 6.67. The average Bonchev–Trinajstić information content (AvgIpc) is 2.86. The summed E-state index contributed by atoms with van der Waals surface area (Å²) in [6.45, 7) is 2.89. The topological polar surface area (TPSA) is 61.0 Å². The number of aromatic nitrogens is 2. The van der Waals surface area contributed by atoms with Gasteiger partial charge in [-0.15, -0.1) is 0 Å². The lowest BCUT2D eigenvalue weighted by Crippen LogP contribution is -2.14. The van der Waals surface area contributed by atoms with Crippen molar-refractivity contribution in [2.45, 2.75) is 19.9 Å². The maximum absolute atomic E-state index is 12.1. The Morgan fingerprint density at radius 2 is 2.00 bits per heavy atom. The molecule has 1 aromatic carbocycles. The largest absolute Gasteiger partial charge is 0.307 e. The molecule has 0 fully saturated rings. The van der Waals surface area contributed by atoms with Crippen molar-refractivity contribution in [1.82, 2.24) is 15.1 Å². The summed E-state index contributed by atoms with van der Waals surface area (Å²) in [6, 6.07) is 7.64. The van der Waals surface area contributed by atoms with Crippen molar-refractivity contribution < 1.29 is 4.79 Å². The van der Waals surface area contributed by atoms with Gasteiger partial charge in [0.15, 0.2) is 0 Å². The van der Waals surface area contributed by atoms with E-state index in [2.05, 4.69) is 20.4 Å². The zero-order chi connectivity index (χ0) is 14.5. The summed E-state index contributed by atoms with van der Waals surface area (Å²) >= 11 is 0. The molecule has 5 nitrogen and oxygen atoms in total. The van der Waals surface area contributed by atoms with Crippen LogP contribution >= 0.6 is 0 Å². The van der Waals surface area contributed by atoms with E-state index in [-0.39, 0.29) is 5.91 Å². The number of amides is 1. The molecule has 0 spiro atoms. The van der Waals surface area contributed by atoms with Crippen molar-refractivity contribution in [3.05, 3.63) is 47.2 Å². The van der Waals surface area contributed by atoms with E-state index in [1.807, 2.05) is 45.3 Å². The smallest absolute Gasteiger partial charge is 0.256 e. The molecule has 106 valence electrons. The van der Waals surface area contributed by atoms with Gasteiger partial charge in [-0.3, -0.25) is 9.89 Å². The molecule has 0 aliphatic heterocycles. The standard InChI is InChI=1S/C15H20N4O/c1-4-12-9-16-18-14(12)17-15(20)13-7-5-11(6-8-13)10-19(2)3/h5-9H,4,10H2,1-3H3,(H2,16,17,18,20). The minimum atomic E-state index is -0.125. The molecule has 0 saturated carbocycles. The lowest BCUT2D eigenvalue weighted by atomic mass is 10.1. The number of aromatic amines is 1. The van der Waals surface area contributed by atoms with E-state index in [4.69, 9.17) is 0 Å². The van der Waals surface area contributed by atoms with Gasteiger partial charge in [0.25, 0.3) is 5.91 Å². The van der Waals surface area contributed by atoms with Gasteiger partial charge in [-0.1, -0.05) is 19.1 Å². The first-order valence-electron chi connectivity index (χ1n) is 6.67. The fourth-order valence-corrected chi connectivity index (χ4v) is 2.00. The second-order valence-corrected chi connectivity index (χ2v) is 5.01. The predicted molar refractivity (Wildman–Crippen MR) is 79.8 cm³/mol. The molecule has 0 unspecified atom stereocenters. The zero-order valence-electron chi connectivity index (χ0n) is 12.1. The Bertz CT molecular complexity index is 572. The van der Waals surface area contributed by atoms with E-state index in [0.29, 0.717) is 11.4 Å². The summed E-state index contributed by atoms with van der Waals surface area (Å²) in [7, 11) is 4.04. The van der Waals surface area contributed by atoms with Crippen LogP contribution in [0.15, 0.2) is 30.5 Å². The first kappa shape index (κ1) is 14.3. The molecule has 2 rings (SSSR count). The van der Waals surface area contributed by atoms with Crippen LogP contribution < -0.4 is 5.32 Å². The van der Waals surface area contributed by atoms with Crippen LogP contribution in [0, 0.1) is 0 Å². The molecule has 1 heterocycles. The van der Waals surface area contributed by atoms with Gasteiger partial charge in [-0.2, -0.15) is 5.10 Å². The Hall–Kier alpha value is -2.14. The minimum absolute atomic E-state index is 0.125. The van der Waals surface area contributed by atoms with Crippen LogP contribution in [0.5, 0.6) is 0 Å². The molecular weight excluding hydrogens is 252 g/mol. The fraction of sp³-hybridized carbons (Fsp3) is 0.333. The highest BCUT2D eigenvalue weighted by molar-refractivity contribution is 6.04. The van der Waals surface area contributed by atoms with Gasteiger partial charge < -0.3 is 10.2 Å². The van der Waals surface area contributed by atoms with Crippen molar-refractivity contribution in [1.29, 1.82) is 0 Å². The third-order valence-corrected chi connectivity index (χ3v) is 3.05. The SMILES string of the molecule is CCc1cn[nH]c1NC(=O)c1ccc(CN(C)C)cc1. The van der Waals surface area contributed by atoms with Crippen molar-refractivity contribution in [3.8, 4) is 0 Å². The highest BCUT2D eigenvalue weighted by atomic mass is 16.1. The molecule has 1 amide bonds. The number of anilines is 1. The van der Waals surface area contributed by atoms with E-state index >= 15 is 0 Å². The van der Waals surface area contributed by atoms with Gasteiger partial charge in [0.1, 0.15) is 5.82 Å². The molecule has 20 heavy (non-hydrogen) atoms. The number of benzene rings is 1. The second kappa shape index (κ2) is 6.34. The van der Waals surface area contributed by atoms with Crippen LogP contribution in [0.25, 0.3) is 0 Å². The normalized spacial score (nSPS) is 10.8. The van der Waals surface area contributed by atoms with E-state index in [0.717, 1.165) is 18.5 Å². The Morgan fingerprint density at radius 3 is 2.60 bits per heavy atom. The molecule has 0 aliphatic rings. The van der Waals surface area contributed by atoms with Crippen LogP contribution in [-0.4, -0.2) is 35.1 Å². The molecule has 2 N–H and O–H groups in total. The lowest BCUT2D eigenvalue weighted by molar-refractivity contribution is 0.102. The highest BCUT2D eigenvalue weighted by Gasteiger charge is 2.10. The van der Waals surface area contributed by atoms with E-state index in [1.165, 1.54) is 5.56 Å². The summed E-state index contributed by atoms with van der Waals surface area (Å²) in [5.74, 6) is 0.551. The molecular formula is C15H20N4O. The number of nitrogens with zero attached hydrogens (tertiary/aromatic N) is 2. The maximum atomic E-state index is 12.1. The number of hydrogen-bond donors (Lipinski definition) is 2. The number of H-pyrrole nitrogens is 1. The monoisotopic (exact) mass is 272 g/mol. The quantitative estimate of drug-likeness (QED) is 0.878. The van der Waals surface area contributed by atoms with Gasteiger partial charge in [0, 0.05) is 17.7 Å². The number of hydrogen-bond acceptors (Lipinski definition) is 3. The van der Waals surface area contributed by atoms with Crippen molar-refractivity contribution in [2.24, 2.45) is 0 Å². The number of carbonyl (C=O) groups is 1. The van der Waals surface area contributed by atoms with E-state index in [9.17, 15) is 4.79 Å². The van der Waals surface area contributed by atoms with Gasteiger partial charge in [0.05, 0.1) is 6.20 Å². The van der Waals surface area contributed by atoms with Crippen LogP contribution in [0.2, 0.25) is 0 Å². The van der Waals surface area contributed by atoms with Crippen LogP contribution in [-0.2, 0) is 13.0 Å². The Labute approximate surface area is 119 Å². The van der Waals surface area contributed by atoms with Crippen molar-refractivity contribution in [2.75, 3.05) is 19.4 Å². The number of nitrogens with one attached hydrogen (secondary N) is 2. The Balaban J connectivity index is 2.06. The maximum Gasteiger partial charge on any atom is 0.256 e. The third-order valence-electron chi connectivity index (χ3n) is 3.05. The Kier molecular flexibility index (Phi) is 4.53. The van der Waals surface area contributed by atoms with Gasteiger partial charge in [-0.05, 0) is 38.2 Å². The van der Waals surface area contributed by atoms with E-state index in [1.54, 1.807) is 6.20 Å². The second-order valence-electron chi connectivity index (χ2n) is 5.01. The molecule has 0 atom stereocenters. The molecule has 0 radical (unpaired) electrons. The summed E-state index contributed by atoms with van der Waals surface area (Å²) < 4.78 is 0. The molecule has 0 aliphatic carbocycles. The number of aryl methyl sites for hydroxylation is 1. The summed E-state index contributed by atoms with van der Waals surface area (Å²) in [5.41, 5.74) is 2.83. The number of carbonyl (C=O) groups excluding carboxylic acids is 1. The lowest BCUT2D eigenvalue weighted by Gasteiger charge is -2.10. The van der Waals surface area contributed by atoms with Crippen LogP contribution in [0.3, 0.4) is 0 Å². The van der Waals surface area contributed by atoms with Crippen molar-refractivity contribution >= 4 is 11.7 Å². The molecule has 5 heteroatoms. The zero-order valence-corrected chi connectivity index (χ0v) is 12.1. The fourth-order valence-electron chi connectivity index (χ4n) is 2.00. The molecule has 1 aromatic heterocycles. The van der Waals surface area contributed by atoms with Gasteiger partial charge in [0.2, 0.25) is 0 Å². The van der Waals surface area contributed by atoms with Crippen LogP contribution in [0.4, 0.5) is 5.82 Å². The Morgan fingerprint density at radius 1 is 1.30 bits per heavy atom. The third kappa shape index (κ3) is 3.45. The average molecular weight is 272 g/mol. The number of rotatable bonds is 5. The molecule has 2 aromatic rings. The summed E-state index contributed by atoms with van der Waals surface area (Å²) in [5, 5.41) is 9.60. The summed E-state index contributed by atoms with van der Waals surface area (Å²) in [4.78, 5) is 14.2. The van der Waals surface area contributed by atoms with Crippen LogP contribution in [0.1, 0.15) is 28.4 Å². The van der Waals surface area contributed by atoms with Gasteiger partial charge in [-0.25, -0.2) is 0 Å². The first-order chi connectivity index (χ1) is 9.60. The summed E-state index contributed by atoms with van der Waals surface area (Å²) in [6.07, 6.45) is 2.56. The van der Waals surface area contributed by atoms with Gasteiger partial charge >= 0.3 is 0 Å². The van der Waals surface area contributed by atoms with E-state index < -0.39 is 0 Å². The van der Waals surface area contributed by atoms with Crippen molar-refractivity contribution in [3.63, 3.8) is 0 Å².